The molecule has 0 saturated heterocycles. The fourth-order valence-electron chi connectivity index (χ4n) is 5.40. The Bertz CT molecular complexity index is 1340. The summed E-state index contributed by atoms with van der Waals surface area (Å²) in [7, 11) is 0. The molecule has 0 unspecified atom stereocenters. The summed E-state index contributed by atoms with van der Waals surface area (Å²) in [5, 5.41) is 9.70. The normalized spacial score (nSPS) is 21.4. The predicted octanol–water partition coefficient (Wildman–Crippen LogP) is 4.95. The molecule has 0 N–H and O–H groups in total. The highest BCUT2D eigenvalue weighted by atomic mass is 16.2. The number of hydrogen-bond acceptors (Lipinski definition) is 4. The van der Waals surface area contributed by atoms with Crippen molar-refractivity contribution in [2.45, 2.75) is 45.6 Å². The zero-order chi connectivity index (χ0) is 24.0. The van der Waals surface area contributed by atoms with Crippen molar-refractivity contribution < 1.29 is 9.59 Å². The van der Waals surface area contributed by atoms with Crippen molar-refractivity contribution in [3.63, 3.8) is 0 Å². The second-order valence-electron chi connectivity index (χ2n) is 9.62. The van der Waals surface area contributed by atoms with Crippen LogP contribution in [0.5, 0.6) is 0 Å². The Kier molecular flexibility index (Phi) is 5.25. The van der Waals surface area contributed by atoms with E-state index in [1.165, 1.54) is 21.7 Å². The zero-order valence-electron chi connectivity index (χ0n) is 19.8. The van der Waals surface area contributed by atoms with Gasteiger partial charge in [-0.05, 0) is 54.2 Å². The van der Waals surface area contributed by atoms with Crippen molar-refractivity contribution in [3.8, 4) is 6.07 Å². The molecule has 0 atom stereocenters. The maximum atomic E-state index is 13.5. The maximum Gasteiger partial charge on any atom is 0.271 e. The molecule has 5 rings (SSSR count). The highest BCUT2D eigenvalue weighted by Gasteiger charge is 2.42. The van der Waals surface area contributed by atoms with Crippen molar-refractivity contribution in [2.75, 3.05) is 11.4 Å². The van der Waals surface area contributed by atoms with E-state index in [0.29, 0.717) is 11.1 Å². The summed E-state index contributed by atoms with van der Waals surface area (Å²) >= 11 is 0. The fraction of sp³-hybridized carbons (Fsp3) is 0.276. The lowest BCUT2D eigenvalue weighted by Gasteiger charge is -2.30. The molecule has 5 heteroatoms. The highest BCUT2D eigenvalue weighted by molar-refractivity contribution is 6.18. The first-order chi connectivity index (χ1) is 16.3. The minimum absolute atomic E-state index is 0.0226. The van der Waals surface area contributed by atoms with Gasteiger partial charge in [-0.2, -0.15) is 5.26 Å². The van der Waals surface area contributed by atoms with Gasteiger partial charge < -0.3 is 4.90 Å². The minimum atomic E-state index is -0.534. The second-order valence-corrected chi connectivity index (χ2v) is 9.62. The topological polar surface area (TPSA) is 64.4 Å². The van der Waals surface area contributed by atoms with E-state index in [4.69, 9.17) is 0 Å². The first-order valence-electron chi connectivity index (χ1n) is 11.7. The monoisotopic (exact) mass is 449 g/mol. The van der Waals surface area contributed by atoms with Crippen LogP contribution in [0.15, 0.2) is 83.1 Å². The summed E-state index contributed by atoms with van der Waals surface area (Å²) in [4.78, 5) is 30.0. The molecule has 2 aromatic rings. The lowest BCUT2D eigenvalue weighted by molar-refractivity contribution is -0.141. The van der Waals surface area contributed by atoms with Crippen LogP contribution in [0.2, 0.25) is 0 Å². The molecule has 2 amide bonds. The lowest BCUT2D eigenvalue weighted by atomic mass is 9.83. The van der Waals surface area contributed by atoms with Gasteiger partial charge in [0.2, 0.25) is 0 Å². The van der Waals surface area contributed by atoms with E-state index in [0.717, 1.165) is 30.6 Å². The number of carbonyl (C=O) groups is 2. The third-order valence-electron chi connectivity index (χ3n) is 7.24. The number of allylic oxidation sites excluding steroid dienone is 3. The van der Waals surface area contributed by atoms with E-state index in [1.807, 2.05) is 42.5 Å². The number of amides is 2. The fourth-order valence-corrected chi connectivity index (χ4v) is 5.40. The SMILES string of the molecule is CC1=C(C#N)C(=O)N(Cc2ccccc2)C(=O)/C1=C\C=C1\N2CCCc3cccc(c32)C1(C)C. The average Bonchev–Trinajstić information content (AvgIpc) is 3.06. The van der Waals surface area contributed by atoms with E-state index >= 15 is 0 Å². The average molecular weight is 450 g/mol. The predicted molar refractivity (Wildman–Crippen MR) is 132 cm³/mol. The number of rotatable bonds is 3. The number of para-hydroxylation sites is 1. The van der Waals surface area contributed by atoms with Gasteiger partial charge >= 0.3 is 0 Å². The number of carbonyl (C=O) groups excluding carboxylic acids is 2. The smallest absolute Gasteiger partial charge is 0.271 e. The van der Waals surface area contributed by atoms with Crippen LogP contribution in [0.1, 0.15) is 43.9 Å². The maximum absolute atomic E-state index is 13.5. The van der Waals surface area contributed by atoms with Crippen LogP contribution in [-0.2, 0) is 28.0 Å². The molecule has 2 aromatic carbocycles. The van der Waals surface area contributed by atoms with Gasteiger partial charge in [0.1, 0.15) is 11.6 Å². The Hall–Kier alpha value is -3.91. The van der Waals surface area contributed by atoms with Gasteiger partial charge in [0.05, 0.1) is 6.54 Å². The van der Waals surface area contributed by atoms with Gasteiger partial charge in [-0.1, -0.05) is 62.4 Å². The van der Waals surface area contributed by atoms with Crippen molar-refractivity contribution in [1.82, 2.24) is 4.90 Å². The summed E-state index contributed by atoms with van der Waals surface area (Å²) < 4.78 is 0. The Morgan fingerprint density at radius 1 is 1.03 bits per heavy atom. The van der Waals surface area contributed by atoms with Crippen LogP contribution in [-0.4, -0.2) is 23.3 Å². The number of aryl methyl sites for hydroxylation is 1. The van der Waals surface area contributed by atoms with Gasteiger partial charge in [0.15, 0.2) is 0 Å². The summed E-state index contributed by atoms with van der Waals surface area (Å²) in [6.07, 6.45) is 5.97. The van der Waals surface area contributed by atoms with Crippen LogP contribution in [0.4, 0.5) is 5.69 Å². The zero-order valence-corrected chi connectivity index (χ0v) is 19.8. The van der Waals surface area contributed by atoms with Gasteiger partial charge in [-0.15, -0.1) is 0 Å². The van der Waals surface area contributed by atoms with E-state index in [2.05, 4.69) is 36.9 Å². The first-order valence-corrected chi connectivity index (χ1v) is 11.7. The van der Waals surface area contributed by atoms with Crippen LogP contribution >= 0.6 is 0 Å². The molecule has 3 aliphatic heterocycles. The summed E-state index contributed by atoms with van der Waals surface area (Å²) in [5.74, 6) is -0.900. The molecular formula is C29H27N3O2. The number of nitriles is 1. The van der Waals surface area contributed by atoms with Crippen molar-refractivity contribution in [1.29, 1.82) is 5.26 Å². The van der Waals surface area contributed by atoms with E-state index in [9.17, 15) is 14.9 Å². The molecule has 0 radical (unpaired) electrons. The third-order valence-corrected chi connectivity index (χ3v) is 7.24. The number of hydrogen-bond donors (Lipinski definition) is 0. The van der Waals surface area contributed by atoms with Crippen LogP contribution in [0.25, 0.3) is 0 Å². The molecule has 170 valence electrons. The second kappa shape index (κ2) is 8.14. The van der Waals surface area contributed by atoms with Gasteiger partial charge in [-0.3, -0.25) is 14.5 Å². The molecule has 0 fully saturated rings. The minimum Gasteiger partial charge on any atom is -0.344 e. The molecule has 0 spiro atoms. The molecule has 3 aliphatic rings. The lowest BCUT2D eigenvalue weighted by Crippen LogP contribution is -2.42. The number of imide groups is 1. The summed E-state index contributed by atoms with van der Waals surface area (Å²) in [5.41, 5.74) is 6.58. The summed E-state index contributed by atoms with van der Waals surface area (Å²) in [6.45, 7) is 7.18. The number of benzene rings is 2. The van der Waals surface area contributed by atoms with Gasteiger partial charge in [0, 0.05) is 28.9 Å². The summed E-state index contributed by atoms with van der Waals surface area (Å²) in [6, 6.07) is 17.9. The van der Waals surface area contributed by atoms with E-state index in [1.54, 1.807) is 13.0 Å². The molecule has 0 aromatic heterocycles. The largest absolute Gasteiger partial charge is 0.344 e. The van der Waals surface area contributed by atoms with Gasteiger partial charge in [-0.25, -0.2) is 0 Å². The number of nitrogens with zero attached hydrogens (tertiary/aromatic N) is 3. The van der Waals surface area contributed by atoms with Crippen molar-refractivity contribution in [3.05, 3.63) is 99.8 Å². The molecule has 0 bridgehead atoms. The van der Waals surface area contributed by atoms with Crippen molar-refractivity contribution >= 4 is 17.5 Å². The quantitative estimate of drug-likeness (QED) is 0.491. The van der Waals surface area contributed by atoms with Gasteiger partial charge in [0.25, 0.3) is 11.8 Å². The molecule has 0 aliphatic carbocycles. The van der Waals surface area contributed by atoms with E-state index in [-0.39, 0.29) is 23.4 Å². The highest BCUT2D eigenvalue weighted by Crippen LogP contribution is 2.51. The standard InChI is InChI=1S/C29H27N3O2/c1-19-22(27(33)32(28(34)23(19)17-30)18-20-9-5-4-6-10-20)14-15-25-29(2,3)24-13-7-11-21-12-8-16-31(25)26(21)24/h4-7,9-11,13-15H,8,12,16,18H2,1-3H3/b22-14-,25-15+. The third kappa shape index (κ3) is 3.30. The Morgan fingerprint density at radius 3 is 2.53 bits per heavy atom. The molecule has 3 heterocycles. The molecule has 5 nitrogen and oxygen atoms in total. The Labute approximate surface area is 200 Å². The Morgan fingerprint density at radius 2 is 1.79 bits per heavy atom. The Balaban J connectivity index is 1.58. The number of anilines is 1. The van der Waals surface area contributed by atoms with Crippen molar-refractivity contribution in [2.24, 2.45) is 0 Å². The molecular weight excluding hydrogens is 422 g/mol. The van der Waals surface area contributed by atoms with Crippen LogP contribution in [0.3, 0.4) is 0 Å². The first kappa shape index (κ1) is 21.9. The molecule has 0 saturated carbocycles. The van der Waals surface area contributed by atoms with Crippen LogP contribution < -0.4 is 4.90 Å². The molecule has 34 heavy (non-hydrogen) atoms. The van der Waals surface area contributed by atoms with Crippen LogP contribution in [0, 0.1) is 11.3 Å². The van der Waals surface area contributed by atoms with E-state index < -0.39 is 5.91 Å².